The first-order valence-electron chi connectivity index (χ1n) is 7.84. The van der Waals surface area contributed by atoms with Crippen molar-refractivity contribution in [3.63, 3.8) is 0 Å². The minimum Gasteiger partial charge on any atom is -0.493 e. The highest BCUT2D eigenvalue weighted by atomic mass is 32.1. The predicted molar refractivity (Wildman–Crippen MR) is 92.2 cm³/mol. The van der Waals surface area contributed by atoms with Crippen molar-refractivity contribution in [3.8, 4) is 5.75 Å². The molecule has 3 rings (SSSR count). The topological polar surface area (TPSA) is 81.7 Å². The number of thiophene rings is 1. The number of ketones is 1. The summed E-state index contributed by atoms with van der Waals surface area (Å²) in [5, 5.41) is 4.32. The molecule has 0 spiro atoms. The summed E-state index contributed by atoms with van der Waals surface area (Å²) in [5.41, 5.74) is 1.46. The summed E-state index contributed by atoms with van der Waals surface area (Å²) >= 11 is 1.28. The first-order valence-corrected chi connectivity index (χ1v) is 8.72. The Morgan fingerprint density at radius 1 is 1.32 bits per heavy atom. The molecule has 1 atom stereocenters. The molecular formula is C18H17NO5S. The number of rotatable bonds is 6. The minimum atomic E-state index is -0.837. The molecule has 2 heterocycles. The zero-order chi connectivity index (χ0) is 17.8. The largest absolute Gasteiger partial charge is 0.493 e. The van der Waals surface area contributed by atoms with Crippen molar-refractivity contribution in [1.29, 1.82) is 0 Å². The summed E-state index contributed by atoms with van der Waals surface area (Å²) in [5.74, 6) is -0.495. The fourth-order valence-electron chi connectivity index (χ4n) is 2.44. The van der Waals surface area contributed by atoms with Crippen LogP contribution in [0.4, 0.5) is 0 Å². The van der Waals surface area contributed by atoms with E-state index in [0.29, 0.717) is 17.0 Å². The second-order valence-electron chi connectivity index (χ2n) is 5.62. The van der Waals surface area contributed by atoms with Crippen molar-refractivity contribution in [2.45, 2.75) is 19.4 Å². The Morgan fingerprint density at radius 3 is 2.92 bits per heavy atom. The molecule has 25 heavy (non-hydrogen) atoms. The van der Waals surface area contributed by atoms with Gasteiger partial charge in [-0.05, 0) is 42.1 Å². The average molecular weight is 359 g/mol. The molecule has 1 aliphatic rings. The quantitative estimate of drug-likeness (QED) is 0.632. The summed E-state index contributed by atoms with van der Waals surface area (Å²) < 4.78 is 10.4. The molecule has 130 valence electrons. The lowest BCUT2D eigenvalue weighted by Crippen LogP contribution is -2.39. The first kappa shape index (κ1) is 17.2. The van der Waals surface area contributed by atoms with Gasteiger partial charge in [0.2, 0.25) is 0 Å². The van der Waals surface area contributed by atoms with Gasteiger partial charge in [-0.15, -0.1) is 11.3 Å². The number of nitrogens with one attached hydrogen (secondary N) is 1. The third-order valence-corrected chi connectivity index (χ3v) is 4.67. The number of ether oxygens (including phenoxy) is 2. The van der Waals surface area contributed by atoms with Crippen molar-refractivity contribution in [3.05, 3.63) is 51.7 Å². The van der Waals surface area contributed by atoms with Crippen LogP contribution in [0.15, 0.2) is 35.7 Å². The highest BCUT2D eigenvalue weighted by Gasteiger charge is 2.20. The summed E-state index contributed by atoms with van der Waals surface area (Å²) in [7, 11) is 0. The molecule has 1 aromatic heterocycles. The van der Waals surface area contributed by atoms with Crippen molar-refractivity contribution in [1.82, 2.24) is 5.32 Å². The fourth-order valence-corrected chi connectivity index (χ4v) is 3.07. The zero-order valence-electron chi connectivity index (χ0n) is 13.6. The van der Waals surface area contributed by atoms with E-state index < -0.39 is 12.0 Å². The van der Waals surface area contributed by atoms with Crippen LogP contribution in [0.3, 0.4) is 0 Å². The summed E-state index contributed by atoms with van der Waals surface area (Å²) in [6, 6.07) is 7.75. The SMILES string of the molecule is CC(NC(=O)c1cccs1)C(=O)OCC(=O)c1ccc2c(c1)CCO2. The van der Waals surface area contributed by atoms with Gasteiger partial charge in [0, 0.05) is 12.0 Å². The van der Waals surface area contributed by atoms with Crippen LogP contribution in [-0.4, -0.2) is 36.9 Å². The standard InChI is InChI=1S/C18H17NO5S/c1-11(19-17(21)16-3-2-8-25-16)18(22)24-10-14(20)12-4-5-15-13(9-12)6-7-23-15/h2-5,8-9,11H,6-7,10H2,1H3,(H,19,21). The van der Waals surface area contributed by atoms with Crippen LogP contribution in [-0.2, 0) is 16.0 Å². The van der Waals surface area contributed by atoms with Crippen LogP contribution in [0, 0.1) is 0 Å². The van der Waals surface area contributed by atoms with Gasteiger partial charge in [0.25, 0.3) is 5.91 Å². The molecule has 1 N–H and O–H groups in total. The van der Waals surface area contributed by atoms with E-state index in [1.807, 2.05) is 0 Å². The number of amides is 1. The second kappa shape index (κ2) is 7.48. The third-order valence-electron chi connectivity index (χ3n) is 3.80. The fraction of sp³-hybridized carbons (Fsp3) is 0.278. The number of carbonyl (C=O) groups excluding carboxylic acids is 3. The second-order valence-corrected chi connectivity index (χ2v) is 6.57. The van der Waals surface area contributed by atoms with Crippen LogP contribution >= 0.6 is 11.3 Å². The third kappa shape index (κ3) is 4.06. The molecule has 1 amide bonds. The van der Waals surface area contributed by atoms with E-state index in [9.17, 15) is 14.4 Å². The van der Waals surface area contributed by atoms with E-state index in [0.717, 1.165) is 17.7 Å². The molecule has 0 fully saturated rings. The first-order chi connectivity index (χ1) is 12.0. The lowest BCUT2D eigenvalue weighted by atomic mass is 10.1. The monoisotopic (exact) mass is 359 g/mol. The summed E-state index contributed by atoms with van der Waals surface area (Å²) in [6.07, 6.45) is 0.766. The van der Waals surface area contributed by atoms with Crippen molar-refractivity contribution < 1.29 is 23.9 Å². The smallest absolute Gasteiger partial charge is 0.328 e. The Labute approximate surface area is 148 Å². The van der Waals surface area contributed by atoms with E-state index >= 15 is 0 Å². The zero-order valence-corrected chi connectivity index (χ0v) is 14.4. The molecule has 0 saturated carbocycles. The Kier molecular flexibility index (Phi) is 5.14. The van der Waals surface area contributed by atoms with Crippen LogP contribution in [0.5, 0.6) is 5.75 Å². The van der Waals surface area contributed by atoms with Gasteiger partial charge < -0.3 is 14.8 Å². The number of carbonyl (C=O) groups is 3. The van der Waals surface area contributed by atoms with E-state index in [2.05, 4.69) is 5.32 Å². The highest BCUT2D eigenvalue weighted by molar-refractivity contribution is 7.12. The van der Waals surface area contributed by atoms with Crippen LogP contribution < -0.4 is 10.1 Å². The Bertz CT molecular complexity index is 800. The van der Waals surface area contributed by atoms with Crippen LogP contribution in [0.25, 0.3) is 0 Å². The van der Waals surface area contributed by atoms with Crippen LogP contribution in [0.1, 0.15) is 32.5 Å². The van der Waals surface area contributed by atoms with Gasteiger partial charge in [0.05, 0.1) is 11.5 Å². The minimum absolute atomic E-state index is 0.292. The normalized spacial score (nSPS) is 13.5. The van der Waals surface area contributed by atoms with E-state index in [-0.39, 0.29) is 18.3 Å². The molecule has 2 aromatic rings. The summed E-state index contributed by atoms with van der Waals surface area (Å²) in [6.45, 7) is 1.77. The van der Waals surface area contributed by atoms with Gasteiger partial charge in [0.1, 0.15) is 11.8 Å². The predicted octanol–water partition coefficient (Wildman–Crippen LogP) is 2.23. The maximum absolute atomic E-state index is 12.2. The lowest BCUT2D eigenvalue weighted by Gasteiger charge is -2.12. The Morgan fingerprint density at radius 2 is 2.16 bits per heavy atom. The maximum Gasteiger partial charge on any atom is 0.328 e. The van der Waals surface area contributed by atoms with E-state index in [1.165, 1.54) is 18.3 Å². The Balaban J connectivity index is 1.51. The molecular weight excluding hydrogens is 342 g/mol. The molecule has 0 bridgehead atoms. The van der Waals surface area contributed by atoms with Gasteiger partial charge in [-0.25, -0.2) is 4.79 Å². The molecule has 1 aliphatic heterocycles. The number of esters is 1. The molecule has 0 radical (unpaired) electrons. The van der Waals surface area contributed by atoms with Gasteiger partial charge in [0.15, 0.2) is 12.4 Å². The number of hydrogen-bond donors (Lipinski definition) is 1. The van der Waals surface area contributed by atoms with Gasteiger partial charge >= 0.3 is 5.97 Å². The van der Waals surface area contributed by atoms with Crippen LogP contribution in [0.2, 0.25) is 0 Å². The lowest BCUT2D eigenvalue weighted by molar-refractivity contribution is -0.144. The number of Topliss-reactive ketones (excluding diaryl/α,β-unsaturated/α-hetero) is 1. The average Bonchev–Trinajstić information content (AvgIpc) is 3.29. The maximum atomic E-state index is 12.2. The number of fused-ring (bicyclic) bond motifs is 1. The molecule has 1 aromatic carbocycles. The summed E-state index contributed by atoms with van der Waals surface area (Å²) in [4.78, 5) is 36.6. The molecule has 1 unspecified atom stereocenters. The van der Waals surface area contributed by atoms with Crippen molar-refractivity contribution in [2.75, 3.05) is 13.2 Å². The van der Waals surface area contributed by atoms with Crippen molar-refractivity contribution >= 4 is 29.0 Å². The highest BCUT2D eigenvalue weighted by Crippen LogP contribution is 2.26. The Hall–Kier alpha value is -2.67. The van der Waals surface area contributed by atoms with Crippen molar-refractivity contribution in [2.24, 2.45) is 0 Å². The van der Waals surface area contributed by atoms with Gasteiger partial charge in [-0.3, -0.25) is 9.59 Å². The molecule has 6 nitrogen and oxygen atoms in total. The van der Waals surface area contributed by atoms with Gasteiger partial charge in [-0.1, -0.05) is 6.07 Å². The van der Waals surface area contributed by atoms with Gasteiger partial charge in [-0.2, -0.15) is 0 Å². The molecule has 0 saturated heterocycles. The number of benzene rings is 1. The molecule has 7 heteroatoms. The van der Waals surface area contributed by atoms with E-state index in [4.69, 9.17) is 9.47 Å². The molecule has 0 aliphatic carbocycles. The number of hydrogen-bond acceptors (Lipinski definition) is 6. The van der Waals surface area contributed by atoms with E-state index in [1.54, 1.807) is 35.7 Å².